The number of benzene rings is 2. The van der Waals surface area contributed by atoms with E-state index in [1.165, 1.54) is 18.2 Å². The summed E-state index contributed by atoms with van der Waals surface area (Å²) in [6.07, 6.45) is -4.36. The molecule has 0 aliphatic heterocycles. The lowest BCUT2D eigenvalue weighted by Gasteiger charge is -2.10. The Labute approximate surface area is 141 Å². The van der Waals surface area contributed by atoms with Gasteiger partial charge in [-0.2, -0.15) is 13.2 Å². The van der Waals surface area contributed by atoms with Crippen molar-refractivity contribution in [2.75, 3.05) is 5.32 Å². The number of aromatic nitrogens is 2. The molecule has 1 heterocycles. The van der Waals surface area contributed by atoms with Crippen LogP contribution in [0.5, 0.6) is 0 Å². The van der Waals surface area contributed by atoms with Gasteiger partial charge >= 0.3 is 6.18 Å². The van der Waals surface area contributed by atoms with Crippen molar-refractivity contribution in [2.24, 2.45) is 0 Å². The molecule has 24 heavy (non-hydrogen) atoms. The fourth-order valence-corrected chi connectivity index (χ4v) is 2.27. The number of halogens is 4. The molecule has 0 unspecified atom stereocenters. The van der Waals surface area contributed by atoms with Gasteiger partial charge in [-0.05, 0) is 24.3 Å². The van der Waals surface area contributed by atoms with Crippen LogP contribution in [0.15, 0.2) is 60.7 Å². The Morgan fingerprint density at radius 2 is 1.54 bits per heavy atom. The van der Waals surface area contributed by atoms with Crippen molar-refractivity contribution in [3.8, 4) is 11.4 Å². The highest BCUT2D eigenvalue weighted by Crippen LogP contribution is 2.30. The van der Waals surface area contributed by atoms with Crippen LogP contribution in [0.2, 0.25) is 5.15 Å². The lowest BCUT2D eigenvalue weighted by molar-refractivity contribution is -0.137. The topological polar surface area (TPSA) is 37.8 Å². The quantitative estimate of drug-likeness (QED) is 0.629. The number of nitrogens with zero attached hydrogens (tertiary/aromatic N) is 2. The van der Waals surface area contributed by atoms with Gasteiger partial charge in [-0.15, -0.1) is 0 Å². The zero-order valence-corrected chi connectivity index (χ0v) is 12.9. The van der Waals surface area contributed by atoms with Crippen molar-refractivity contribution >= 4 is 23.1 Å². The maximum Gasteiger partial charge on any atom is 0.416 e. The van der Waals surface area contributed by atoms with Crippen LogP contribution in [-0.2, 0) is 6.18 Å². The number of anilines is 2. The van der Waals surface area contributed by atoms with Crippen LogP contribution in [-0.4, -0.2) is 9.97 Å². The van der Waals surface area contributed by atoms with Gasteiger partial charge in [0.2, 0.25) is 0 Å². The first-order valence-electron chi connectivity index (χ1n) is 6.96. The lowest BCUT2D eigenvalue weighted by atomic mass is 10.2. The van der Waals surface area contributed by atoms with Crippen LogP contribution in [0.3, 0.4) is 0 Å². The predicted molar refractivity (Wildman–Crippen MR) is 87.2 cm³/mol. The summed E-state index contributed by atoms with van der Waals surface area (Å²) in [7, 11) is 0. The minimum atomic E-state index is -4.36. The minimum absolute atomic E-state index is 0.235. The Hall–Kier alpha value is -2.60. The average Bonchev–Trinajstić information content (AvgIpc) is 2.55. The smallest absolute Gasteiger partial charge is 0.340 e. The molecule has 3 rings (SSSR count). The van der Waals surface area contributed by atoms with Gasteiger partial charge in [-0.1, -0.05) is 41.9 Å². The molecule has 0 radical (unpaired) electrons. The SMILES string of the molecule is FC(F)(F)c1ccc(Nc2cc(Cl)nc(-c3ccccc3)n2)cc1. The number of alkyl halides is 3. The number of hydrogen-bond donors (Lipinski definition) is 1. The maximum atomic E-state index is 12.6. The van der Waals surface area contributed by atoms with E-state index in [-0.39, 0.29) is 5.15 Å². The second kappa shape index (κ2) is 6.49. The van der Waals surface area contributed by atoms with Crippen molar-refractivity contribution in [3.63, 3.8) is 0 Å². The molecule has 7 heteroatoms. The Morgan fingerprint density at radius 3 is 2.17 bits per heavy atom. The van der Waals surface area contributed by atoms with E-state index in [0.717, 1.165) is 17.7 Å². The molecule has 3 nitrogen and oxygen atoms in total. The normalized spacial score (nSPS) is 11.3. The Morgan fingerprint density at radius 1 is 0.875 bits per heavy atom. The third-order valence-electron chi connectivity index (χ3n) is 3.21. The fourth-order valence-electron chi connectivity index (χ4n) is 2.09. The first-order valence-corrected chi connectivity index (χ1v) is 7.34. The van der Waals surface area contributed by atoms with Crippen molar-refractivity contribution in [2.45, 2.75) is 6.18 Å². The maximum absolute atomic E-state index is 12.6. The van der Waals surface area contributed by atoms with Gasteiger partial charge in [-0.3, -0.25) is 0 Å². The minimum Gasteiger partial charge on any atom is -0.340 e. The predicted octanol–water partition coefficient (Wildman–Crippen LogP) is 5.56. The van der Waals surface area contributed by atoms with Gasteiger partial charge in [0.1, 0.15) is 11.0 Å². The number of rotatable bonds is 3. The highest BCUT2D eigenvalue weighted by Gasteiger charge is 2.29. The molecule has 0 aliphatic rings. The molecule has 0 saturated carbocycles. The van der Waals surface area contributed by atoms with Crippen LogP contribution in [0.4, 0.5) is 24.7 Å². The van der Waals surface area contributed by atoms with Crippen molar-refractivity contribution in [1.82, 2.24) is 9.97 Å². The molecule has 0 atom stereocenters. The van der Waals surface area contributed by atoms with E-state index >= 15 is 0 Å². The van der Waals surface area contributed by atoms with Gasteiger partial charge < -0.3 is 5.32 Å². The van der Waals surface area contributed by atoms with Crippen LogP contribution in [0, 0.1) is 0 Å². The van der Waals surface area contributed by atoms with Crippen molar-refractivity contribution < 1.29 is 13.2 Å². The standard InChI is InChI=1S/C17H11ClF3N3/c18-14-10-15(24-16(23-14)11-4-2-1-3-5-11)22-13-8-6-12(7-9-13)17(19,20)21/h1-10H,(H,22,23,24). The van der Waals surface area contributed by atoms with E-state index in [9.17, 15) is 13.2 Å². The molecule has 0 spiro atoms. The molecule has 0 aliphatic carbocycles. The van der Waals surface area contributed by atoms with Crippen LogP contribution in [0.25, 0.3) is 11.4 Å². The van der Waals surface area contributed by atoms with E-state index in [1.807, 2.05) is 30.3 Å². The molecule has 2 aromatic carbocycles. The highest BCUT2D eigenvalue weighted by molar-refractivity contribution is 6.29. The van der Waals surface area contributed by atoms with E-state index in [0.29, 0.717) is 17.3 Å². The van der Waals surface area contributed by atoms with Gasteiger partial charge in [0, 0.05) is 17.3 Å². The summed E-state index contributed by atoms with van der Waals surface area (Å²) >= 11 is 6.01. The molecule has 0 saturated heterocycles. The van der Waals surface area contributed by atoms with Crippen LogP contribution < -0.4 is 5.32 Å². The molecule has 3 aromatic rings. The van der Waals surface area contributed by atoms with Gasteiger partial charge in [-0.25, -0.2) is 9.97 Å². The van der Waals surface area contributed by atoms with E-state index < -0.39 is 11.7 Å². The molecule has 0 fully saturated rings. The third kappa shape index (κ3) is 3.83. The summed E-state index contributed by atoms with van der Waals surface area (Å²) in [4.78, 5) is 8.50. The Kier molecular flexibility index (Phi) is 4.40. The lowest BCUT2D eigenvalue weighted by Crippen LogP contribution is -2.04. The van der Waals surface area contributed by atoms with Crippen LogP contribution in [0.1, 0.15) is 5.56 Å². The summed E-state index contributed by atoms with van der Waals surface area (Å²) in [6, 6.07) is 15.4. The largest absolute Gasteiger partial charge is 0.416 e. The molecule has 0 bridgehead atoms. The summed E-state index contributed by atoms with van der Waals surface area (Å²) in [5, 5.41) is 3.17. The van der Waals surface area contributed by atoms with E-state index in [2.05, 4.69) is 15.3 Å². The summed E-state index contributed by atoms with van der Waals surface area (Å²) in [6.45, 7) is 0. The molecule has 1 N–H and O–H groups in total. The zero-order valence-electron chi connectivity index (χ0n) is 12.2. The van der Waals surface area contributed by atoms with Gasteiger partial charge in [0.25, 0.3) is 0 Å². The Balaban J connectivity index is 1.87. The zero-order chi connectivity index (χ0) is 17.2. The first-order chi connectivity index (χ1) is 11.4. The molecule has 1 aromatic heterocycles. The van der Waals surface area contributed by atoms with E-state index in [4.69, 9.17) is 11.6 Å². The summed E-state index contributed by atoms with van der Waals surface area (Å²) < 4.78 is 37.7. The second-order valence-corrected chi connectivity index (χ2v) is 5.35. The monoisotopic (exact) mass is 349 g/mol. The van der Waals surface area contributed by atoms with Gasteiger partial charge in [0.15, 0.2) is 5.82 Å². The molecule has 122 valence electrons. The van der Waals surface area contributed by atoms with Crippen molar-refractivity contribution in [1.29, 1.82) is 0 Å². The third-order valence-corrected chi connectivity index (χ3v) is 3.41. The average molecular weight is 350 g/mol. The fraction of sp³-hybridized carbons (Fsp3) is 0.0588. The second-order valence-electron chi connectivity index (χ2n) is 4.97. The first kappa shape index (κ1) is 16.3. The number of nitrogens with one attached hydrogen (secondary N) is 1. The molecule has 0 amide bonds. The molecular formula is C17H11ClF3N3. The number of hydrogen-bond acceptors (Lipinski definition) is 3. The summed E-state index contributed by atoms with van der Waals surface area (Å²) in [5.74, 6) is 0.825. The molecular weight excluding hydrogens is 339 g/mol. The summed E-state index contributed by atoms with van der Waals surface area (Å²) in [5.41, 5.74) is 0.547. The van der Waals surface area contributed by atoms with Gasteiger partial charge in [0.05, 0.1) is 5.56 Å². The van der Waals surface area contributed by atoms with Crippen molar-refractivity contribution in [3.05, 3.63) is 71.4 Å². The van der Waals surface area contributed by atoms with E-state index in [1.54, 1.807) is 0 Å². The highest BCUT2D eigenvalue weighted by atomic mass is 35.5. The Bertz CT molecular complexity index is 834. The van der Waals surface area contributed by atoms with Crippen LogP contribution >= 0.6 is 11.6 Å².